The van der Waals surface area contributed by atoms with Gasteiger partial charge in [-0.15, -0.1) is 0 Å². The van der Waals surface area contributed by atoms with Crippen molar-refractivity contribution in [3.63, 3.8) is 0 Å². The van der Waals surface area contributed by atoms with Gasteiger partial charge in [-0.25, -0.2) is 0 Å². The fourth-order valence-electron chi connectivity index (χ4n) is 0.832. The highest BCUT2D eigenvalue weighted by atomic mass is 16.7. The molecule has 0 amide bonds. The number of hydrogen-bond acceptors (Lipinski definition) is 5. The summed E-state index contributed by atoms with van der Waals surface area (Å²) in [5.74, 6) is -2.14. The quantitative estimate of drug-likeness (QED) is 0.377. The standard InChI is InChI=1S/C6H12O5/c7-5-1-2-10-4-11-3-6(5,8)9/h5,7-9H,1-4H2. The van der Waals surface area contributed by atoms with E-state index < -0.39 is 11.9 Å². The molecule has 5 nitrogen and oxygen atoms in total. The third-order valence-electron chi connectivity index (χ3n) is 1.55. The van der Waals surface area contributed by atoms with Crippen LogP contribution in [0.4, 0.5) is 0 Å². The maximum absolute atomic E-state index is 9.08. The van der Waals surface area contributed by atoms with Crippen molar-refractivity contribution in [2.24, 2.45) is 0 Å². The van der Waals surface area contributed by atoms with E-state index in [4.69, 9.17) is 20.1 Å². The van der Waals surface area contributed by atoms with E-state index >= 15 is 0 Å². The van der Waals surface area contributed by atoms with Crippen LogP contribution in [0.3, 0.4) is 0 Å². The summed E-state index contributed by atoms with van der Waals surface area (Å²) in [6.07, 6.45) is -1.00. The smallest absolute Gasteiger partial charge is 0.213 e. The van der Waals surface area contributed by atoms with Crippen LogP contribution in [0.5, 0.6) is 0 Å². The lowest BCUT2D eigenvalue weighted by molar-refractivity contribution is -0.275. The van der Waals surface area contributed by atoms with Crippen LogP contribution in [0, 0.1) is 0 Å². The van der Waals surface area contributed by atoms with E-state index in [0.717, 1.165) is 0 Å². The minimum Gasteiger partial charge on any atom is -0.387 e. The fraction of sp³-hybridized carbons (Fsp3) is 1.00. The zero-order valence-corrected chi connectivity index (χ0v) is 6.06. The summed E-state index contributed by atoms with van der Waals surface area (Å²) < 4.78 is 9.51. The second-order valence-electron chi connectivity index (χ2n) is 2.56. The van der Waals surface area contributed by atoms with Gasteiger partial charge in [-0.05, 0) is 0 Å². The molecule has 0 saturated carbocycles. The second-order valence-corrected chi connectivity index (χ2v) is 2.56. The summed E-state index contributed by atoms with van der Waals surface area (Å²) in [6.45, 7) is -0.0200. The van der Waals surface area contributed by atoms with E-state index in [1.165, 1.54) is 0 Å². The summed E-state index contributed by atoms with van der Waals surface area (Å²) in [7, 11) is 0. The third kappa shape index (κ3) is 2.39. The minimum absolute atomic E-state index is 0.0373. The van der Waals surface area contributed by atoms with Gasteiger partial charge in [-0.3, -0.25) is 0 Å². The monoisotopic (exact) mass is 164 g/mol. The molecule has 0 aromatic rings. The number of rotatable bonds is 0. The Balaban J connectivity index is 2.47. The lowest BCUT2D eigenvalue weighted by Gasteiger charge is -2.28. The van der Waals surface area contributed by atoms with Gasteiger partial charge >= 0.3 is 0 Å². The van der Waals surface area contributed by atoms with E-state index in [0.29, 0.717) is 0 Å². The Morgan fingerprint density at radius 3 is 2.73 bits per heavy atom. The van der Waals surface area contributed by atoms with Crippen molar-refractivity contribution in [3.8, 4) is 0 Å². The molecule has 11 heavy (non-hydrogen) atoms. The van der Waals surface area contributed by atoms with Gasteiger partial charge in [-0.2, -0.15) is 0 Å². The molecule has 0 aromatic carbocycles. The van der Waals surface area contributed by atoms with Gasteiger partial charge in [0, 0.05) is 6.42 Å². The molecule has 0 spiro atoms. The van der Waals surface area contributed by atoms with Crippen LogP contribution in [0.2, 0.25) is 0 Å². The molecule has 1 rings (SSSR count). The highest BCUT2D eigenvalue weighted by molar-refractivity contribution is 4.74. The van der Waals surface area contributed by atoms with Gasteiger partial charge in [0.1, 0.15) is 19.5 Å². The molecule has 1 atom stereocenters. The molecule has 0 aliphatic carbocycles. The van der Waals surface area contributed by atoms with Crippen molar-refractivity contribution >= 4 is 0 Å². The highest BCUT2D eigenvalue weighted by Crippen LogP contribution is 2.13. The predicted molar refractivity (Wildman–Crippen MR) is 34.6 cm³/mol. The van der Waals surface area contributed by atoms with Crippen molar-refractivity contribution in [1.82, 2.24) is 0 Å². The molecule has 1 unspecified atom stereocenters. The first-order valence-corrected chi connectivity index (χ1v) is 3.41. The molecule has 1 aliphatic heterocycles. The molecule has 0 radical (unpaired) electrons. The summed E-state index contributed by atoms with van der Waals surface area (Å²) in [6, 6.07) is 0. The van der Waals surface area contributed by atoms with Gasteiger partial charge in [0.25, 0.3) is 0 Å². The highest BCUT2D eigenvalue weighted by Gasteiger charge is 2.34. The van der Waals surface area contributed by atoms with Gasteiger partial charge < -0.3 is 24.8 Å². The molecule has 1 heterocycles. The van der Waals surface area contributed by atoms with Crippen molar-refractivity contribution in [3.05, 3.63) is 0 Å². The first-order chi connectivity index (χ1) is 5.13. The zero-order valence-electron chi connectivity index (χ0n) is 6.06. The van der Waals surface area contributed by atoms with Crippen molar-refractivity contribution in [2.45, 2.75) is 18.3 Å². The van der Waals surface area contributed by atoms with E-state index in [-0.39, 0.29) is 26.4 Å². The predicted octanol–water partition coefficient (Wildman–Crippen LogP) is -1.58. The summed E-state index contributed by atoms with van der Waals surface area (Å²) >= 11 is 0. The van der Waals surface area contributed by atoms with E-state index in [2.05, 4.69) is 4.74 Å². The van der Waals surface area contributed by atoms with Crippen LogP contribution in [0.25, 0.3) is 0 Å². The Labute approximate surface area is 64.2 Å². The average molecular weight is 164 g/mol. The van der Waals surface area contributed by atoms with E-state index in [1.54, 1.807) is 0 Å². The van der Waals surface area contributed by atoms with Crippen molar-refractivity contribution in [2.75, 3.05) is 20.0 Å². The van der Waals surface area contributed by atoms with Crippen molar-refractivity contribution < 1.29 is 24.8 Å². The summed E-state index contributed by atoms with van der Waals surface area (Å²) in [4.78, 5) is 0. The number of aliphatic hydroxyl groups is 3. The van der Waals surface area contributed by atoms with Gasteiger partial charge in [0.05, 0.1) is 6.61 Å². The molecule has 5 heteroatoms. The summed E-state index contributed by atoms with van der Waals surface area (Å²) in [5, 5.41) is 27.2. The topological polar surface area (TPSA) is 79.2 Å². The Morgan fingerprint density at radius 1 is 1.27 bits per heavy atom. The Hall–Kier alpha value is -0.200. The molecular formula is C6H12O5. The van der Waals surface area contributed by atoms with Crippen LogP contribution in [0.15, 0.2) is 0 Å². The van der Waals surface area contributed by atoms with Crippen LogP contribution < -0.4 is 0 Å². The van der Waals surface area contributed by atoms with Crippen molar-refractivity contribution in [1.29, 1.82) is 0 Å². The zero-order chi connectivity index (χ0) is 8.32. The largest absolute Gasteiger partial charge is 0.387 e. The molecule has 66 valence electrons. The lowest BCUT2D eigenvalue weighted by atomic mass is 10.1. The van der Waals surface area contributed by atoms with Gasteiger partial charge in [0.2, 0.25) is 5.79 Å². The maximum Gasteiger partial charge on any atom is 0.213 e. The molecule has 1 saturated heterocycles. The van der Waals surface area contributed by atoms with E-state index in [1.807, 2.05) is 0 Å². The minimum atomic E-state index is -2.14. The molecular weight excluding hydrogens is 152 g/mol. The Bertz CT molecular complexity index is 124. The van der Waals surface area contributed by atoms with Gasteiger partial charge in [-0.1, -0.05) is 0 Å². The first kappa shape index (κ1) is 8.89. The van der Waals surface area contributed by atoms with Crippen LogP contribution in [0.1, 0.15) is 6.42 Å². The van der Waals surface area contributed by atoms with Crippen LogP contribution >= 0.6 is 0 Å². The average Bonchev–Trinajstić information content (AvgIpc) is 1.93. The van der Waals surface area contributed by atoms with Crippen LogP contribution in [-0.4, -0.2) is 47.2 Å². The number of ether oxygens (including phenoxy) is 2. The first-order valence-electron chi connectivity index (χ1n) is 3.41. The fourth-order valence-corrected chi connectivity index (χ4v) is 0.832. The molecule has 0 bridgehead atoms. The normalized spacial score (nSPS) is 32.5. The third-order valence-corrected chi connectivity index (χ3v) is 1.55. The SMILES string of the molecule is OC1CCOCOCC1(O)O. The van der Waals surface area contributed by atoms with Gasteiger partial charge in [0.15, 0.2) is 0 Å². The Kier molecular flexibility index (Phi) is 2.80. The molecule has 1 aliphatic rings. The molecule has 0 aromatic heterocycles. The molecule has 3 N–H and O–H groups in total. The Morgan fingerprint density at radius 2 is 2.00 bits per heavy atom. The lowest BCUT2D eigenvalue weighted by Crippen LogP contribution is -2.48. The number of aliphatic hydroxyl groups excluding tert-OH is 1. The van der Waals surface area contributed by atoms with E-state index in [9.17, 15) is 0 Å². The maximum atomic E-state index is 9.08. The summed E-state index contributed by atoms with van der Waals surface area (Å²) in [5.41, 5.74) is 0. The second kappa shape index (κ2) is 3.46. The van der Waals surface area contributed by atoms with Crippen LogP contribution in [-0.2, 0) is 9.47 Å². The number of hydrogen-bond donors (Lipinski definition) is 3. The molecule has 1 fully saturated rings.